The minimum atomic E-state index is -1.06. The monoisotopic (exact) mass is 753 g/mol. The molecule has 1 unspecified atom stereocenters. The maximum Gasteiger partial charge on any atom is 0.251 e. The summed E-state index contributed by atoms with van der Waals surface area (Å²) in [5.41, 5.74) is 10.0. The summed E-state index contributed by atoms with van der Waals surface area (Å²) in [6, 6.07) is 27.8. The van der Waals surface area contributed by atoms with Crippen molar-refractivity contribution in [2.75, 3.05) is 18.4 Å². The highest BCUT2D eigenvalue weighted by atomic mass is 19.2. The first-order valence-electron chi connectivity index (χ1n) is 18.9. The number of benzene rings is 4. The molecule has 12 heteroatoms. The van der Waals surface area contributed by atoms with E-state index in [0.29, 0.717) is 18.8 Å². The third-order valence-corrected chi connectivity index (χ3v) is 10.9. The van der Waals surface area contributed by atoms with Crippen molar-refractivity contribution in [1.29, 1.82) is 0 Å². The smallest absolute Gasteiger partial charge is 0.251 e. The van der Waals surface area contributed by atoms with Gasteiger partial charge in [-0.1, -0.05) is 48.5 Å². The zero-order chi connectivity index (χ0) is 38.8. The van der Waals surface area contributed by atoms with Crippen LogP contribution in [0.3, 0.4) is 0 Å². The molecule has 8 rings (SSSR count). The second-order valence-electron chi connectivity index (χ2n) is 14.6. The van der Waals surface area contributed by atoms with Crippen LogP contribution in [-0.2, 0) is 22.7 Å². The van der Waals surface area contributed by atoms with Crippen molar-refractivity contribution >= 4 is 28.9 Å². The van der Waals surface area contributed by atoms with Crippen LogP contribution in [0.25, 0.3) is 27.9 Å². The minimum absolute atomic E-state index is 0.0562. The largest absolute Gasteiger partial charge is 0.374 e. The molecule has 4 aromatic carbocycles. The molecule has 2 saturated heterocycles. The Morgan fingerprint density at radius 2 is 1.62 bits per heavy atom. The molecule has 2 fully saturated rings. The number of aromatic nitrogens is 3. The maximum absolute atomic E-state index is 13.6. The Balaban J connectivity index is 0.862. The standard InChI is InChI=1S/C44H41F2N7O3/c1-27-20-32(6-7-34(27)23-47-43(55)33-10-13-37(45)38(46)21-33)42-40-22-35(25-53(40)49-26-48-42)30-4-2-28(3-5-30)24-52-18-16-31(17-19-52)29-8-11-36(12-9-29)50-39-14-15-41(54)51-44(39)56/h2-13,20-22,25-26,31,39,50H,14-19,23-24H2,1H3,(H,47,55)(H,51,54,56). The topological polar surface area (TPSA) is 121 Å². The van der Waals surface area contributed by atoms with E-state index in [9.17, 15) is 23.2 Å². The number of imide groups is 1. The van der Waals surface area contributed by atoms with Crippen molar-refractivity contribution in [3.8, 4) is 22.4 Å². The Morgan fingerprint density at radius 1 is 0.857 bits per heavy atom. The van der Waals surface area contributed by atoms with E-state index in [1.54, 1.807) is 6.33 Å². The van der Waals surface area contributed by atoms with Crippen molar-refractivity contribution in [3.63, 3.8) is 0 Å². The summed E-state index contributed by atoms with van der Waals surface area (Å²) >= 11 is 0. The van der Waals surface area contributed by atoms with Crippen LogP contribution in [0.2, 0.25) is 0 Å². The molecule has 56 heavy (non-hydrogen) atoms. The number of nitrogens with zero attached hydrogens (tertiary/aromatic N) is 4. The summed E-state index contributed by atoms with van der Waals surface area (Å²) < 4.78 is 28.7. The SMILES string of the molecule is Cc1cc(-c2ncnn3cc(-c4ccc(CN5CCC(c6ccc(NC7CCC(=O)NC7=O)cc6)CC5)cc4)cc23)ccc1CNC(=O)c1ccc(F)c(F)c1. The van der Waals surface area contributed by atoms with Gasteiger partial charge < -0.3 is 10.6 Å². The number of likely N-dealkylation sites (tertiary alicyclic amines) is 1. The molecular formula is C44H41F2N7O3. The average molecular weight is 754 g/mol. The van der Waals surface area contributed by atoms with Crippen LogP contribution in [0.4, 0.5) is 14.5 Å². The summed E-state index contributed by atoms with van der Waals surface area (Å²) in [6.07, 6.45) is 6.57. The van der Waals surface area contributed by atoms with Gasteiger partial charge in [0, 0.05) is 48.1 Å². The van der Waals surface area contributed by atoms with Gasteiger partial charge in [0.05, 0.1) is 11.2 Å². The third kappa shape index (κ3) is 8.06. The van der Waals surface area contributed by atoms with E-state index in [4.69, 9.17) is 0 Å². The lowest BCUT2D eigenvalue weighted by Gasteiger charge is -2.32. The summed E-state index contributed by atoms with van der Waals surface area (Å²) in [4.78, 5) is 43.2. The number of anilines is 1. The Kier molecular flexibility index (Phi) is 10.4. The van der Waals surface area contributed by atoms with Crippen molar-refractivity contribution in [2.24, 2.45) is 0 Å². The molecule has 0 radical (unpaired) electrons. The molecule has 0 bridgehead atoms. The first-order valence-corrected chi connectivity index (χ1v) is 18.9. The maximum atomic E-state index is 13.6. The zero-order valence-electron chi connectivity index (χ0n) is 30.9. The van der Waals surface area contributed by atoms with Gasteiger partial charge >= 0.3 is 0 Å². The Bertz CT molecular complexity index is 2420. The van der Waals surface area contributed by atoms with Gasteiger partial charge in [-0.3, -0.25) is 24.6 Å². The molecule has 10 nitrogen and oxygen atoms in total. The number of halogens is 2. The van der Waals surface area contributed by atoms with Gasteiger partial charge in [-0.2, -0.15) is 5.10 Å². The molecule has 2 aliphatic heterocycles. The third-order valence-electron chi connectivity index (χ3n) is 10.9. The number of hydrogen-bond donors (Lipinski definition) is 3. The number of amides is 3. The van der Waals surface area contributed by atoms with Crippen molar-refractivity contribution in [3.05, 3.63) is 143 Å². The molecule has 0 spiro atoms. The van der Waals surface area contributed by atoms with Gasteiger partial charge in [-0.15, -0.1) is 0 Å². The first kappa shape index (κ1) is 36.7. The summed E-state index contributed by atoms with van der Waals surface area (Å²) in [7, 11) is 0. The molecule has 4 heterocycles. The van der Waals surface area contributed by atoms with E-state index >= 15 is 0 Å². The van der Waals surface area contributed by atoms with Crippen molar-refractivity contribution in [2.45, 2.75) is 57.7 Å². The van der Waals surface area contributed by atoms with E-state index in [1.807, 2.05) is 48.0 Å². The van der Waals surface area contributed by atoms with Gasteiger partial charge in [0.2, 0.25) is 11.8 Å². The van der Waals surface area contributed by atoms with Crippen molar-refractivity contribution < 1.29 is 23.2 Å². The van der Waals surface area contributed by atoms with E-state index in [0.717, 1.165) is 89.3 Å². The summed E-state index contributed by atoms with van der Waals surface area (Å²) in [5, 5.41) is 12.9. The molecule has 3 amide bonds. The van der Waals surface area contributed by atoms with Crippen LogP contribution in [0.1, 0.15) is 64.2 Å². The highest BCUT2D eigenvalue weighted by molar-refractivity contribution is 6.01. The molecule has 3 N–H and O–H groups in total. The predicted molar refractivity (Wildman–Crippen MR) is 210 cm³/mol. The van der Waals surface area contributed by atoms with E-state index in [2.05, 4.69) is 73.4 Å². The Labute approximate surface area is 323 Å². The van der Waals surface area contributed by atoms with Crippen LogP contribution in [-0.4, -0.2) is 56.4 Å². The number of nitrogens with one attached hydrogen (secondary N) is 3. The van der Waals surface area contributed by atoms with Crippen LogP contribution < -0.4 is 16.0 Å². The van der Waals surface area contributed by atoms with Crippen LogP contribution in [0.15, 0.2) is 104 Å². The Morgan fingerprint density at radius 3 is 2.36 bits per heavy atom. The fourth-order valence-electron chi connectivity index (χ4n) is 7.64. The zero-order valence-corrected chi connectivity index (χ0v) is 30.9. The van der Waals surface area contributed by atoms with Gasteiger partial charge in [-0.25, -0.2) is 18.3 Å². The second kappa shape index (κ2) is 15.8. The lowest BCUT2D eigenvalue weighted by molar-refractivity contribution is -0.133. The van der Waals surface area contributed by atoms with Crippen LogP contribution >= 0.6 is 0 Å². The minimum Gasteiger partial charge on any atom is -0.374 e. The number of piperidine rings is 2. The van der Waals surface area contributed by atoms with Crippen LogP contribution in [0.5, 0.6) is 0 Å². The van der Waals surface area contributed by atoms with E-state index in [-0.39, 0.29) is 30.0 Å². The van der Waals surface area contributed by atoms with E-state index < -0.39 is 17.5 Å². The number of fused-ring (bicyclic) bond motifs is 1. The normalized spacial score (nSPS) is 16.5. The highest BCUT2D eigenvalue weighted by Gasteiger charge is 2.27. The van der Waals surface area contributed by atoms with E-state index in [1.165, 1.54) is 17.2 Å². The number of aryl methyl sites for hydroxylation is 1. The molecule has 2 aromatic heterocycles. The fraction of sp³-hybridized carbons (Fsp3) is 0.250. The number of hydrogen-bond acceptors (Lipinski definition) is 7. The van der Waals surface area contributed by atoms with Gasteiger partial charge in [0.1, 0.15) is 12.4 Å². The number of carbonyl (C=O) groups is 3. The predicted octanol–water partition coefficient (Wildman–Crippen LogP) is 7.18. The molecular weight excluding hydrogens is 713 g/mol. The fourth-order valence-corrected chi connectivity index (χ4v) is 7.64. The van der Waals surface area contributed by atoms with Gasteiger partial charge in [0.25, 0.3) is 5.91 Å². The highest BCUT2D eigenvalue weighted by Crippen LogP contribution is 2.32. The molecule has 1 atom stereocenters. The lowest BCUT2D eigenvalue weighted by Crippen LogP contribution is -2.47. The second-order valence-corrected chi connectivity index (χ2v) is 14.6. The number of rotatable bonds is 10. The summed E-state index contributed by atoms with van der Waals surface area (Å²) in [5.74, 6) is -2.52. The lowest BCUT2D eigenvalue weighted by atomic mass is 9.89. The molecule has 6 aromatic rings. The summed E-state index contributed by atoms with van der Waals surface area (Å²) in [6.45, 7) is 5.11. The molecule has 0 saturated carbocycles. The Hall–Kier alpha value is -6.27. The number of carbonyl (C=O) groups excluding carboxylic acids is 3. The van der Waals surface area contributed by atoms with Gasteiger partial charge in [-0.05, 0) is 115 Å². The quantitative estimate of drug-likeness (QED) is 0.127. The van der Waals surface area contributed by atoms with Gasteiger partial charge in [0.15, 0.2) is 11.6 Å². The molecule has 2 aliphatic rings. The van der Waals surface area contributed by atoms with Crippen molar-refractivity contribution in [1.82, 2.24) is 30.1 Å². The first-order chi connectivity index (χ1) is 27.2. The molecule has 284 valence electrons. The van der Waals surface area contributed by atoms with Crippen LogP contribution in [0, 0.1) is 18.6 Å². The molecule has 0 aliphatic carbocycles. The average Bonchev–Trinajstić information content (AvgIpc) is 3.65.